The zero-order chi connectivity index (χ0) is 18.7. The number of hydrogen-bond acceptors (Lipinski definition) is 6. The first-order valence-corrected chi connectivity index (χ1v) is 7.90. The van der Waals surface area contributed by atoms with Crippen LogP contribution in [0.25, 0.3) is 0 Å². The van der Waals surface area contributed by atoms with Gasteiger partial charge in [-0.05, 0) is 26.3 Å². The molecule has 8 nitrogen and oxygen atoms in total. The van der Waals surface area contributed by atoms with Crippen molar-refractivity contribution < 1.29 is 13.5 Å². The molecule has 1 fully saturated rings. The van der Waals surface area contributed by atoms with Gasteiger partial charge in [0.05, 0.1) is 12.4 Å². The molecule has 0 unspecified atom stereocenters. The fraction of sp³-hybridized carbons (Fsp3) is 0.533. The van der Waals surface area contributed by atoms with Gasteiger partial charge < -0.3 is 26.5 Å². The van der Waals surface area contributed by atoms with E-state index < -0.39 is 18.1 Å². The molecule has 0 aromatic carbocycles. The van der Waals surface area contributed by atoms with Crippen LogP contribution in [-0.4, -0.2) is 35.0 Å². The summed E-state index contributed by atoms with van der Waals surface area (Å²) < 4.78 is 27.3. The average Bonchev–Trinajstić information content (AvgIpc) is 2.74. The number of alkyl halides is 2. The summed E-state index contributed by atoms with van der Waals surface area (Å²) in [6, 6.07) is 0.775. The van der Waals surface area contributed by atoms with Gasteiger partial charge >= 0.3 is 6.61 Å². The SMILES string of the molecule is C[C@@H]1CCCCCN1.N/C(=C\C(N)=N/c1cncc(=O)[nH]1)OC(F)F. The summed E-state index contributed by atoms with van der Waals surface area (Å²) in [5, 5.41) is 3.44. The van der Waals surface area contributed by atoms with Gasteiger partial charge in [-0.15, -0.1) is 0 Å². The Balaban J connectivity index is 0.000000324. The Hall–Kier alpha value is -2.49. The van der Waals surface area contributed by atoms with Gasteiger partial charge in [0.1, 0.15) is 5.84 Å². The molecule has 1 aromatic heterocycles. The van der Waals surface area contributed by atoms with Crippen LogP contribution in [0, 0.1) is 0 Å². The maximum absolute atomic E-state index is 11.7. The zero-order valence-electron chi connectivity index (χ0n) is 14.0. The number of nitrogens with two attached hydrogens (primary N) is 2. The van der Waals surface area contributed by atoms with E-state index in [9.17, 15) is 13.6 Å². The van der Waals surface area contributed by atoms with Crippen molar-refractivity contribution in [3.05, 3.63) is 34.7 Å². The lowest BCUT2D eigenvalue weighted by Gasteiger charge is -2.06. The summed E-state index contributed by atoms with van der Waals surface area (Å²) in [6.45, 7) is 0.462. The highest BCUT2D eigenvalue weighted by Gasteiger charge is 2.04. The molecule has 140 valence electrons. The van der Waals surface area contributed by atoms with Crippen molar-refractivity contribution in [1.82, 2.24) is 15.3 Å². The zero-order valence-corrected chi connectivity index (χ0v) is 14.0. The smallest absolute Gasteiger partial charge is 0.388 e. The van der Waals surface area contributed by atoms with E-state index >= 15 is 0 Å². The van der Waals surface area contributed by atoms with Gasteiger partial charge in [0.2, 0.25) is 0 Å². The van der Waals surface area contributed by atoms with E-state index in [0.29, 0.717) is 0 Å². The van der Waals surface area contributed by atoms with E-state index in [2.05, 4.69) is 31.9 Å². The van der Waals surface area contributed by atoms with Crippen molar-refractivity contribution in [3.63, 3.8) is 0 Å². The molecule has 0 radical (unpaired) electrons. The molecule has 0 spiro atoms. The Morgan fingerprint density at radius 1 is 1.40 bits per heavy atom. The molecule has 6 N–H and O–H groups in total. The molecule has 0 saturated carbocycles. The van der Waals surface area contributed by atoms with Crippen LogP contribution in [0.5, 0.6) is 0 Å². The van der Waals surface area contributed by atoms with Gasteiger partial charge in [-0.25, -0.2) is 4.99 Å². The Morgan fingerprint density at radius 2 is 2.16 bits per heavy atom. The summed E-state index contributed by atoms with van der Waals surface area (Å²) in [7, 11) is 0. The van der Waals surface area contributed by atoms with E-state index in [1.165, 1.54) is 38.4 Å². The molecule has 2 heterocycles. The summed E-state index contributed by atoms with van der Waals surface area (Å²) in [5.41, 5.74) is 9.95. The first-order valence-electron chi connectivity index (χ1n) is 7.90. The second-order valence-electron chi connectivity index (χ2n) is 5.45. The summed E-state index contributed by atoms with van der Waals surface area (Å²) >= 11 is 0. The minimum atomic E-state index is -3.04. The van der Waals surface area contributed by atoms with E-state index in [4.69, 9.17) is 11.5 Å². The number of H-pyrrole nitrogens is 1. The average molecular weight is 358 g/mol. The van der Waals surface area contributed by atoms with Crippen molar-refractivity contribution in [2.24, 2.45) is 16.5 Å². The third-order valence-electron chi connectivity index (χ3n) is 3.21. The Labute approximate surface area is 144 Å². The van der Waals surface area contributed by atoms with Crippen molar-refractivity contribution in [2.75, 3.05) is 6.54 Å². The monoisotopic (exact) mass is 358 g/mol. The van der Waals surface area contributed by atoms with Gasteiger partial charge in [-0.3, -0.25) is 9.78 Å². The van der Waals surface area contributed by atoms with E-state index in [0.717, 1.165) is 18.3 Å². The molecular weight excluding hydrogens is 334 g/mol. The topological polar surface area (TPSA) is 131 Å². The molecule has 0 bridgehead atoms. The largest absolute Gasteiger partial charge is 0.419 e. The molecule has 1 aliphatic heterocycles. The standard InChI is InChI=1S/C8H9F2N5O2.C7H15N/c9-8(10)17-5(12)1-4(11)14-6-2-13-3-7(16)15-6;1-7-5-3-2-4-6-8-7/h1-3,8H,12H2,(H3,11,14,15,16);7-8H,2-6H2,1H3/b5-1+;/t;7-/m.1/s1. The summed E-state index contributed by atoms with van der Waals surface area (Å²) in [4.78, 5) is 20.4. The fourth-order valence-corrected chi connectivity index (χ4v) is 2.08. The normalized spacial score (nSPS) is 19.0. The Bertz CT molecular complexity index is 624. The maximum Gasteiger partial charge on any atom is 0.388 e. The lowest BCUT2D eigenvalue weighted by molar-refractivity contribution is -0.0966. The maximum atomic E-state index is 11.7. The number of halogens is 2. The number of nitrogens with one attached hydrogen (secondary N) is 2. The first-order chi connectivity index (χ1) is 11.9. The molecule has 1 aliphatic rings. The predicted molar refractivity (Wildman–Crippen MR) is 91.4 cm³/mol. The second kappa shape index (κ2) is 11.1. The molecule has 25 heavy (non-hydrogen) atoms. The Kier molecular flexibility index (Phi) is 9.15. The van der Waals surface area contributed by atoms with Crippen LogP contribution in [0.1, 0.15) is 32.6 Å². The van der Waals surface area contributed by atoms with E-state index in [1.54, 1.807) is 0 Å². The number of hydrogen-bond donors (Lipinski definition) is 4. The highest BCUT2D eigenvalue weighted by Crippen LogP contribution is 2.06. The van der Waals surface area contributed by atoms with Crippen LogP contribution in [0.2, 0.25) is 0 Å². The lowest BCUT2D eigenvalue weighted by Crippen LogP contribution is -2.24. The van der Waals surface area contributed by atoms with Crippen LogP contribution in [0.4, 0.5) is 14.6 Å². The molecule has 10 heteroatoms. The number of rotatable bonds is 4. The van der Waals surface area contributed by atoms with Crippen molar-refractivity contribution in [1.29, 1.82) is 0 Å². The van der Waals surface area contributed by atoms with E-state index in [-0.39, 0.29) is 11.7 Å². The first kappa shape index (κ1) is 20.6. The number of nitrogens with zero attached hydrogens (tertiary/aromatic N) is 2. The quantitative estimate of drug-likeness (QED) is 0.365. The summed E-state index contributed by atoms with van der Waals surface area (Å²) in [5.74, 6) is -0.740. The van der Waals surface area contributed by atoms with Crippen LogP contribution < -0.4 is 22.3 Å². The summed E-state index contributed by atoms with van der Waals surface area (Å²) in [6.07, 6.45) is 8.76. The van der Waals surface area contributed by atoms with E-state index in [1.807, 2.05) is 0 Å². The molecule has 1 atom stereocenters. The number of amidine groups is 1. The Morgan fingerprint density at radius 3 is 2.84 bits per heavy atom. The fourth-order valence-electron chi connectivity index (χ4n) is 2.08. The van der Waals surface area contributed by atoms with Crippen LogP contribution in [-0.2, 0) is 4.74 Å². The van der Waals surface area contributed by atoms with Crippen LogP contribution in [0.3, 0.4) is 0 Å². The van der Waals surface area contributed by atoms with Crippen LogP contribution in [0.15, 0.2) is 34.1 Å². The third-order valence-corrected chi connectivity index (χ3v) is 3.21. The van der Waals surface area contributed by atoms with Gasteiger partial charge in [0.15, 0.2) is 11.7 Å². The second-order valence-corrected chi connectivity index (χ2v) is 5.45. The van der Waals surface area contributed by atoms with Gasteiger partial charge in [0.25, 0.3) is 5.56 Å². The molecule has 0 amide bonds. The number of aromatic nitrogens is 2. The van der Waals surface area contributed by atoms with Crippen LogP contribution >= 0.6 is 0 Å². The predicted octanol–water partition coefficient (Wildman–Crippen LogP) is 1.34. The highest BCUT2D eigenvalue weighted by atomic mass is 19.3. The third kappa shape index (κ3) is 10.1. The van der Waals surface area contributed by atoms with Crippen molar-refractivity contribution in [3.8, 4) is 0 Å². The number of aromatic amines is 1. The van der Waals surface area contributed by atoms with Crippen molar-refractivity contribution in [2.45, 2.75) is 45.3 Å². The van der Waals surface area contributed by atoms with Gasteiger partial charge in [-0.2, -0.15) is 8.78 Å². The number of ether oxygens (including phenoxy) is 1. The lowest BCUT2D eigenvalue weighted by atomic mass is 10.1. The van der Waals surface area contributed by atoms with Gasteiger partial charge in [0, 0.05) is 12.1 Å². The minimum Gasteiger partial charge on any atom is -0.419 e. The van der Waals surface area contributed by atoms with Crippen molar-refractivity contribution >= 4 is 11.7 Å². The molecule has 2 rings (SSSR count). The molecular formula is C15H24F2N6O2. The minimum absolute atomic E-state index is 0.0658. The highest BCUT2D eigenvalue weighted by molar-refractivity contribution is 5.93. The number of aliphatic imine (C=N–C) groups is 1. The molecule has 1 aromatic rings. The molecule has 0 aliphatic carbocycles. The molecule has 1 saturated heterocycles. The van der Waals surface area contributed by atoms with Gasteiger partial charge in [-0.1, -0.05) is 12.8 Å².